The zero-order chi connectivity index (χ0) is 10.4. The van der Waals surface area contributed by atoms with Crippen molar-refractivity contribution in [2.45, 2.75) is 44.2 Å². The molecule has 4 heteroatoms. The van der Waals surface area contributed by atoms with Crippen molar-refractivity contribution in [2.24, 2.45) is 0 Å². The van der Waals surface area contributed by atoms with Gasteiger partial charge in [0, 0.05) is 19.8 Å². The molecule has 0 aromatic rings. The van der Waals surface area contributed by atoms with Crippen LogP contribution in [0.5, 0.6) is 0 Å². The summed E-state index contributed by atoms with van der Waals surface area (Å²) in [6.07, 6.45) is 5.19. The van der Waals surface area contributed by atoms with E-state index in [0.717, 1.165) is 12.8 Å². The number of carbonyl (C=O) groups is 1. The largest absolute Gasteiger partial charge is 0.480 e. The van der Waals surface area contributed by atoms with E-state index >= 15 is 0 Å². The Bertz CT molecular complexity index is 178. The normalized spacial score (nSPS) is 19.8. The standard InChI is InChI=1S/C10H19NO3/c1-14-7-6-9(10(12)13)11-8-4-2-3-5-8/h8-9,11H,2-7H2,1H3,(H,12,13). The van der Waals surface area contributed by atoms with Gasteiger partial charge in [0.2, 0.25) is 0 Å². The number of carboxylic acids is 1. The average Bonchev–Trinajstić information content (AvgIpc) is 2.64. The first-order chi connectivity index (χ1) is 6.74. The maximum Gasteiger partial charge on any atom is 0.320 e. The van der Waals surface area contributed by atoms with Gasteiger partial charge < -0.3 is 15.2 Å². The molecule has 0 amide bonds. The summed E-state index contributed by atoms with van der Waals surface area (Å²) in [7, 11) is 1.59. The van der Waals surface area contributed by atoms with Gasteiger partial charge in [0.05, 0.1) is 0 Å². The number of methoxy groups -OCH3 is 1. The maximum absolute atomic E-state index is 10.9. The van der Waals surface area contributed by atoms with Crippen LogP contribution in [0.2, 0.25) is 0 Å². The van der Waals surface area contributed by atoms with Crippen molar-refractivity contribution in [1.29, 1.82) is 0 Å². The molecule has 4 nitrogen and oxygen atoms in total. The number of nitrogens with one attached hydrogen (secondary N) is 1. The molecular weight excluding hydrogens is 182 g/mol. The van der Waals surface area contributed by atoms with Crippen LogP contribution in [0.1, 0.15) is 32.1 Å². The number of rotatable bonds is 6. The Labute approximate surface area is 84.6 Å². The Kier molecular flexibility index (Phi) is 4.90. The van der Waals surface area contributed by atoms with Gasteiger partial charge in [0.1, 0.15) is 6.04 Å². The molecular formula is C10H19NO3. The molecule has 0 bridgehead atoms. The van der Waals surface area contributed by atoms with Crippen molar-refractivity contribution >= 4 is 5.97 Å². The molecule has 1 saturated carbocycles. The van der Waals surface area contributed by atoms with Crippen molar-refractivity contribution in [3.05, 3.63) is 0 Å². The second-order valence-corrected chi connectivity index (χ2v) is 3.82. The summed E-state index contributed by atoms with van der Waals surface area (Å²) in [4.78, 5) is 10.9. The second kappa shape index (κ2) is 5.98. The minimum atomic E-state index is -0.769. The molecule has 1 aliphatic rings. The number of carboxylic acid groups (broad SMARTS) is 1. The third-order valence-electron chi connectivity index (χ3n) is 2.70. The van der Waals surface area contributed by atoms with E-state index in [1.807, 2.05) is 0 Å². The van der Waals surface area contributed by atoms with Crippen molar-refractivity contribution in [3.8, 4) is 0 Å². The van der Waals surface area contributed by atoms with Gasteiger partial charge in [-0.25, -0.2) is 0 Å². The summed E-state index contributed by atoms with van der Waals surface area (Å²) in [6, 6.07) is -0.0500. The number of hydrogen-bond donors (Lipinski definition) is 2. The van der Waals surface area contributed by atoms with Crippen LogP contribution < -0.4 is 5.32 Å². The molecule has 1 fully saturated rings. The first kappa shape index (κ1) is 11.5. The highest BCUT2D eigenvalue weighted by Gasteiger charge is 2.23. The minimum Gasteiger partial charge on any atom is -0.480 e. The number of aliphatic carboxylic acids is 1. The molecule has 0 aromatic carbocycles. The quantitative estimate of drug-likeness (QED) is 0.673. The molecule has 0 aromatic heterocycles. The smallest absolute Gasteiger partial charge is 0.320 e. The van der Waals surface area contributed by atoms with Gasteiger partial charge in [-0.15, -0.1) is 0 Å². The second-order valence-electron chi connectivity index (χ2n) is 3.82. The molecule has 0 radical (unpaired) electrons. The number of hydrogen-bond acceptors (Lipinski definition) is 3. The fourth-order valence-corrected chi connectivity index (χ4v) is 1.89. The molecule has 82 valence electrons. The third kappa shape index (κ3) is 3.64. The first-order valence-corrected chi connectivity index (χ1v) is 5.22. The highest BCUT2D eigenvalue weighted by Crippen LogP contribution is 2.18. The van der Waals surface area contributed by atoms with Crippen LogP contribution in [-0.4, -0.2) is 36.9 Å². The van der Waals surface area contributed by atoms with E-state index < -0.39 is 12.0 Å². The molecule has 0 saturated heterocycles. The first-order valence-electron chi connectivity index (χ1n) is 5.22. The van der Waals surface area contributed by atoms with Gasteiger partial charge in [-0.3, -0.25) is 4.79 Å². The lowest BCUT2D eigenvalue weighted by Crippen LogP contribution is -2.42. The molecule has 1 unspecified atom stereocenters. The topological polar surface area (TPSA) is 58.6 Å². The van der Waals surface area contributed by atoms with Crippen LogP contribution in [0, 0.1) is 0 Å². The molecule has 0 aliphatic heterocycles. The lowest BCUT2D eigenvalue weighted by molar-refractivity contribution is -0.140. The summed E-state index contributed by atoms with van der Waals surface area (Å²) >= 11 is 0. The Balaban J connectivity index is 2.30. The van der Waals surface area contributed by atoms with Crippen molar-refractivity contribution < 1.29 is 14.6 Å². The average molecular weight is 201 g/mol. The Morgan fingerprint density at radius 1 is 1.57 bits per heavy atom. The van der Waals surface area contributed by atoms with E-state index in [9.17, 15) is 4.79 Å². The van der Waals surface area contributed by atoms with E-state index in [4.69, 9.17) is 9.84 Å². The van der Waals surface area contributed by atoms with Gasteiger partial charge in [-0.1, -0.05) is 12.8 Å². The minimum absolute atomic E-state index is 0.396. The van der Waals surface area contributed by atoms with E-state index in [-0.39, 0.29) is 0 Å². The fraction of sp³-hybridized carbons (Fsp3) is 0.900. The van der Waals surface area contributed by atoms with Crippen LogP contribution in [0.3, 0.4) is 0 Å². The van der Waals surface area contributed by atoms with E-state index in [2.05, 4.69) is 5.32 Å². The molecule has 0 spiro atoms. The third-order valence-corrected chi connectivity index (χ3v) is 2.70. The Morgan fingerprint density at radius 3 is 2.71 bits per heavy atom. The SMILES string of the molecule is COCCC(NC1CCCC1)C(=O)O. The summed E-state index contributed by atoms with van der Waals surface area (Å²) in [5.41, 5.74) is 0. The van der Waals surface area contributed by atoms with Gasteiger partial charge in [-0.2, -0.15) is 0 Å². The molecule has 2 N–H and O–H groups in total. The molecule has 1 atom stereocenters. The van der Waals surface area contributed by atoms with Crippen LogP contribution in [0.15, 0.2) is 0 Å². The predicted molar refractivity (Wildman–Crippen MR) is 53.3 cm³/mol. The molecule has 0 heterocycles. The zero-order valence-corrected chi connectivity index (χ0v) is 8.66. The van der Waals surface area contributed by atoms with Crippen molar-refractivity contribution in [3.63, 3.8) is 0 Å². The Hall–Kier alpha value is -0.610. The predicted octanol–water partition coefficient (Wildman–Crippen LogP) is 1.01. The van der Waals surface area contributed by atoms with Gasteiger partial charge in [-0.05, 0) is 19.3 Å². The summed E-state index contributed by atoms with van der Waals surface area (Å²) in [5.74, 6) is -0.769. The lowest BCUT2D eigenvalue weighted by Gasteiger charge is -2.18. The van der Waals surface area contributed by atoms with E-state index in [0.29, 0.717) is 19.1 Å². The Morgan fingerprint density at radius 2 is 2.21 bits per heavy atom. The highest BCUT2D eigenvalue weighted by molar-refractivity contribution is 5.73. The monoisotopic (exact) mass is 201 g/mol. The van der Waals surface area contributed by atoms with Crippen LogP contribution >= 0.6 is 0 Å². The zero-order valence-electron chi connectivity index (χ0n) is 8.66. The van der Waals surface area contributed by atoms with E-state index in [1.165, 1.54) is 12.8 Å². The van der Waals surface area contributed by atoms with Crippen LogP contribution in [0.4, 0.5) is 0 Å². The highest BCUT2D eigenvalue weighted by atomic mass is 16.5. The molecule has 14 heavy (non-hydrogen) atoms. The number of ether oxygens (including phenoxy) is 1. The fourth-order valence-electron chi connectivity index (χ4n) is 1.89. The van der Waals surface area contributed by atoms with Crippen molar-refractivity contribution in [2.75, 3.05) is 13.7 Å². The van der Waals surface area contributed by atoms with Gasteiger partial charge >= 0.3 is 5.97 Å². The summed E-state index contributed by atoms with van der Waals surface area (Å²) in [5, 5.41) is 12.1. The molecule has 1 aliphatic carbocycles. The van der Waals surface area contributed by atoms with Crippen molar-refractivity contribution in [1.82, 2.24) is 5.32 Å². The summed E-state index contributed by atoms with van der Waals surface area (Å²) < 4.78 is 4.88. The van der Waals surface area contributed by atoms with Gasteiger partial charge in [0.25, 0.3) is 0 Å². The van der Waals surface area contributed by atoms with Gasteiger partial charge in [0.15, 0.2) is 0 Å². The maximum atomic E-state index is 10.9. The van der Waals surface area contributed by atoms with E-state index in [1.54, 1.807) is 7.11 Å². The lowest BCUT2D eigenvalue weighted by atomic mass is 10.1. The van der Waals surface area contributed by atoms with Crippen LogP contribution in [-0.2, 0) is 9.53 Å². The van der Waals surface area contributed by atoms with Crippen LogP contribution in [0.25, 0.3) is 0 Å². The molecule has 1 rings (SSSR count). The summed E-state index contributed by atoms with van der Waals surface area (Å²) in [6.45, 7) is 0.497.